The van der Waals surface area contributed by atoms with E-state index in [4.69, 9.17) is 21.1 Å². The van der Waals surface area contributed by atoms with Crippen molar-refractivity contribution in [2.45, 2.75) is 25.9 Å². The van der Waals surface area contributed by atoms with Gasteiger partial charge in [-0.3, -0.25) is 9.59 Å². The second-order valence-electron chi connectivity index (χ2n) is 6.85. The van der Waals surface area contributed by atoms with Crippen molar-refractivity contribution in [1.29, 1.82) is 0 Å². The Morgan fingerprint density at radius 3 is 2.52 bits per heavy atom. The second-order valence-corrected chi connectivity index (χ2v) is 8.24. The van der Waals surface area contributed by atoms with Gasteiger partial charge in [0.25, 0.3) is 5.91 Å². The summed E-state index contributed by atoms with van der Waals surface area (Å²) in [6, 6.07) is 10.0. The third kappa shape index (κ3) is 7.97. The number of aryl methyl sites for hydroxylation is 1. The number of hydrogen-bond acceptors (Lipinski definition) is 6. The lowest BCUT2D eigenvalue weighted by atomic mass is 10.1. The lowest BCUT2D eigenvalue weighted by Gasteiger charge is -2.17. The summed E-state index contributed by atoms with van der Waals surface area (Å²) in [5.74, 6) is 0.244. The van der Waals surface area contributed by atoms with E-state index >= 15 is 0 Å². The minimum atomic E-state index is -0.906. The average Bonchev–Trinajstić information content (AvgIpc) is 2.74. The molecular weight excluding hydrogens is 440 g/mol. The summed E-state index contributed by atoms with van der Waals surface area (Å²) in [6.45, 7) is 2.01. The molecule has 9 heteroatoms. The number of amides is 1. The smallest absolute Gasteiger partial charge is 0.320 e. The maximum Gasteiger partial charge on any atom is 0.320 e. The Morgan fingerprint density at radius 2 is 1.90 bits per heavy atom. The normalized spacial score (nSPS) is 11.6. The Labute approximate surface area is 191 Å². The summed E-state index contributed by atoms with van der Waals surface area (Å²) in [5.41, 5.74) is 2.45. The van der Waals surface area contributed by atoms with Crippen molar-refractivity contribution in [3.63, 3.8) is 0 Å². The highest BCUT2D eigenvalue weighted by atomic mass is 35.5. The Bertz CT molecular complexity index is 892. The number of nitrogens with one attached hydrogen (secondary N) is 2. The standard InChI is InChI=1S/C22H27ClN2O5S/c1-14-4-6-16(7-5-14)25-21(26)13-30-20-11-17(23)15(10-19(20)29-2)12-24-18(22(27)28)8-9-31-3/h4-7,10-11,18,24H,8-9,12-13H2,1-3H3,(H,25,26)(H,27,28). The van der Waals surface area contributed by atoms with E-state index in [1.165, 1.54) is 7.11 Å². The molecule has 2 aromatic carbocycles. The van der Waals surface area contributed by atoms with Gasteiger partial charge in [-0.05, 0) is 49.1 Å². The van der Waals surface area contributed by atoms with Gasteiger partial charge >= 0.3 is 5.97 Å². The number of thioether (sulfide) groups is 1. The summed E-state index contributed by atoms with van der Waals surface area (Å²) < 4.78 is 11.0. The molecule has 0 aromatic heterocycles. The average molecular weight is 467 g/mol. The SMILES string of the molecule is COc1cc(CNC(CCSC)C(=O)O)c(Cl)cc1OCC(=O)Nc1ccc(C)cc1. The molecule has 1 atom stereocenters. The number of carbonyl (C=O) groups is 2. The first-order valence-corrected chi connectivity index (χ1v) is 11.4. The monoisotopic (exact) mass is 466 g/mol. The largest absolute Gasteiger partial charge is 0.493 e. The molecule has 0 saturated heterocycles. The lowest BCUT2D eigenvalue weighted by Crippen LogP contribution is -2.36. The first kappa shape index (κ1) is 24.8. The van der Waals surface area contributed by atoms with Gasteiger partial charge in [0.2, 0.25) is 0 Å². The molecule has 7 nitrogen and oxygen atoms in total. The Hall–Kier alpha value is -2.42. The third-order valence-electron chi connectivity index (χ3n) is 4.47. The number of benzene rings is 2. The van der Waals surface area contributed by atoms with Crippen molar-refractivity contribution in [2.75, 3.05) is 31.0 Å². The molecule has 0 aliphatic heterocycles. The summed E-state index contributed by atoms with van der Waals surface area (Å²) in [6.07, 6.45) is 2.43. The molecule has 0 heterocycles. The van der Waals surface area contributed by atoms with Gasteiger partial charge in [0.05, 0.1) is 7.11 Å². The molecule has 0 fully saturated rings. The molecule has 31 heavy (non-hydrogen) atoms. The number of halogens is 1. The Kier molecular flexibility index (Phi) is 9.97. The molecule has 0 radical (unpaired) electrons. The summed E-state index contributed by atoms with van der Waals surface area (Å²) in [7, 11) is 1.48. The van der Waals surface area contributed by atoms with Gasteiger partial charge < -0.3 is 25.2 Å². The zero-order chi connectivity index (χ0) is 22.8. The number of rotatable bonds is 12. The van der Waals surface area contributed by atoms with E-state index in [1.54, 1.807) is 23.9 Å². The van der Waals surface area contributed by atoms with E-state index in [9.17, 15) is 14.7 Å². The molecule has 2 rings (SSSR count). The van der Waals surface area contributed by atoms with E-state index in [2.05, 4.69) is 10.6 Å². The van der Waals surface area contributed by atoms with Crippen molar-refractivity contribution in [3.05, 3.63) is 52.5 Å². The van der Waals surface area contributed by atoms with Crippen LogP contribution in [0.2, 0.25) is 5.02 Å². The summed E-state index contributed by atoms with van der Waals surface area (Å²) in [5, 5.41) is 15.5. The first-order chi connectivity index (χ1) is 14.8. The molecule has 3 N–H and O–H groups in total. The Morgan fingerprint density at radius 1 is 1.19 bits per heavy atom. The molecule has 0 saturated carbocycles. The predicted molar refractivity (Wildman–Crippen MR) is 125 cm³/mol. The lowest BCUT2D eigenvalue weighted by molar-refractivity contribution is -0.139. The van der Waals surface area contributed by atoms with Crippen LogP contribution in [-0.4, -0.2) is 48.8 Å². The Balaban J connectivity index is 2.00. The number of methoxy groups -OCH3 is 1. The van der Waals surface area contributed by atoms with Crippen LogP contribution in [0.5, 0.6) is 11.5 Å². The van der Waals surface area contributed by atoms with Gasteiger partial charge in [-0.2, -0.15) is 11.8 Å². The van der Waals surface area contributed by atoms with Crippen LogP contribution < -0.4 is 20.1 Å². The maximum absolute atomic E-state index is 12.2. The zero-order valence-corrected chi connectivity index (χ0v) is 19.3. The van der Waals surface area contributed by atoms with Crippen LogP contribution >= 0.6 is 23.4 Å². The van der Waals surface area contributed by atoms with Gasteiger partial charge in [-0.15, -0.1) is 0 Å². The first-order valence-electron chi connectivity index (χ1n) is 9.65. The van der Waals surface area contributed by atoms with Gasteiger partial charge in [0.15, 0.2) is 18.1 Å². The molecule has 0 aliphatic rings. The second kappa shape index (κ2) is 12.4. The number of hydrogen-bond donors (Lipinski definition) is 3. The summed E-state index contributed by atoms with van der Waals surface area (Å²) in [4.78, 5) is 23.6. The molecule has 0 aliphatic carbocycles. The highest BCUT2D eigenvalue weighted by molar-refractivity contribution is 7.98. The highest BCUT2D eigenvalue weighted by Crippen LogP contribution is 2.33. The van der Waals surface area contributed by atoms with Gasteiger partial charge in [-0.1, -0.05) is 29.3 Å². The zero-order valence-electron chi connectivity index (χ0n) is 17.7. The highest BCUT2D eigenvalue weighted by Gasteiger charge is 2.18. The molecule has 2 aromatic rings. The number of aliphatic carboxylic acids is 1. The topological polar surface area (TPSA) is 96.9 Å². The van der Waals surface area contributed by atoms with E-state index in [1.807, 2.05) is 37.4 Å². The fourth-order valence-corrected chi connectivity index (χ4v) is 3.44. The van der Waals surface area contributed by atoms with Gasteiger partial charge in [-0.25, -0.2) is 0 Å². The number of carboxylic acid groups (broad SMARTS) is 1. The van der Waals surface area contributed by atoms with Crippen LogP contribution in [0.25, 0.3) is 0 Å². The van der Waals surface area contributed by atoms with Crippen molar-refractivity contribution in [3.8, 4) is 11.5 Å². The van der Waals surface area contributed by atoms with Gasteiger partial charge in [0.1, 0.15) is 6.04 Å². The number of carboxylic acids is 1. The van der Waals surface area contributed by atoms with Crippen LogP contribution in [0.15, 0.2) is 36.4 Å². The number of anilines is 1. The molecule has 0 bridgehead atoms. The molecule has 1 amide bonds. The maximum atomic E-state index is 12.2. The minimum Gasteiger partial charge on any atom is -0.493 e. The molecule has 0 spiro atoms. The van der Waals surface area contributed by atoms with Crippen LogP contribution in [0, 0.1) is 6.92 Å². The van der Waals surface area contributed by atoms with Crippen LogP contribution in [0.3, 0.4) is 0 Å². The number of ether oxygens (including phenoxy) is 2. The van der Waals surface area contributed by atoms with Crippen LogP contribution in [-0.2, 0) is 16.1 Å². The van der Waals surface area contributed by atoms with Crippen LogP contribution in [0.1, 0.15) is 17.5 Å². The van der Waals surface area contributed by atoms with Crippen molar-refractivity contribution in [2.24, 2.45) is 0 Å². The predicted octanol–water partition coefficient (Wildman–Crippen LogP) is 3.97. The quantitative estimate of drug-likeness (QED) is 0.435. The minimum absolute atomic E-state index is 0.214. The van der Waals surface area contributed by atoms with E-state index < -0.39 is 12.0 Å². The van der Waals surface area contributed by atoms with E-state index in [0.29, 0.717) is 34.2 Å². The fraction of sp³-hybridized carbons (Fsp3) is 0.364. The molecule has 1 unspecified atom stereocenters. The molecular formula is C22H27ClN2O5S. The van der Waals surface area contributed by atoms with E-state index in [0.717, 1.165) is 11.3 Å². The third-order valence-corrected chi connectivity index (χ3v) is 5.47. The van der Waals surface area contributed by atoms with Crippen LogP contribution in [0.4, 0.5) is 5.69 Å². The van der Waals surface area contributed by atoms with Gasteiger partial charge in [0, 0.05) is 23.3 Å². The van der Waals surface area contributed by atoms with Crippen molar-refractivity contribution >= 4 is 40.9 Å². The summed E-state index contributed by atoms with van der Waals surface area (Å²) >= 11 is 7.95. The van der Waals surface area contributed by atoms with Crippen molar-refractivity contribution < 1.29 is 24.2 Å². The van der Waals surface area contributed by atoms with E-state index in [-0.39, 0.29) is 19.1 Å². The van der Waals surface area contributed by atoms with Crippen molar-refractivity contribution in [1.82, 2.24) is 5.32 Å². The fourth-order valence-electron chi connectivity index (χ4n) is 2.74. The number of carbonyl (C=O) groups excluding carboxylic acids is 1. The molecule has 168 valence electrons.